The Morgan fingerprint density at radius 1 is 1.19 bits per heavy atom. The number of sulfonamides is 1. The third-order valence-corrected chi connectivity index (χ3v) is 5.82. The second-order valence-electron chi connectivity index (χ2n) is 4.94. The highest BCUT2D eigenvalue weighted by atomic mass is 32.2. The molecule has 2 aromatic rings. The van der Waals surface area contributed by atoms with Gasteiger partial charge in [0.25, 0.3) is 0 Å². The molecule has 0 amide bonds. The van der Waals surface area contributed by atoms with Crippen molar-refractivity contribution < 1.29 is 8.42 Å². The van der Waals surface area contributed by atoms with Crippen LogP contribution in [0.3, 0.4) is 0 Å². The Labute approximate surface area is 130 Å². The van der Waals surface area contributed by atoms with Crippen molar-refractivity contribution in [2.75, 3.05) is 12.4 Å². The van der Waals surface area contributed by atoms with Gasteiger partial charge in [-0.25, -0.2) is 13.1 Å². The molecule has 1 unspecified atom stereocenters. The zero-order valence-electron chi connectivity index (χ0n) is 12.6. The van der Waals surface area contributed by atoms with Crippen LogP contribution in [0.4, 0.5) is 5.69 Å². The molecule has 0 saturated carbocycles. The Kier molecular flexibility index (Phi) is 4.70. The Morgan fingerprint density at radius 2 is 1.86 bits per heavy atom. The van der Waals surface area contributed by atoms with Crippen LogP contribution in [0, 0.1) is 13.8 Å². The first-order valence-electron chi connectivity index (χ1n) is 6.71. The highest BCUT2D eigenvalue weighted by Crippen LogP contribution is 2.30. The quantitative estimate of drug-likeness (QED) is 0.885. The molecule has 0 aliphatic heterocycles. The fourth-order valence-corrected chi connectivity index (χ4v) is 4.24. The van der Waals surface area contributed by atoms with Crippen LogP contribution in [0.15, 0.2) is 35.2 Å². The number of hydrogen-bond donors (Lipinski definition) is 2. The molecular formula is C15H20N2O2S2. The van der Waals surface area contributed by atoms with Gasteiger partial charge in [0, 0.05) is 15.8 Å². The topological polar surface area (TPSA) is 58.2 Å². The van der Waals surface area contributed by atoms with Crippen LogP contribution < -0.4 is 10.0 Å². The average Bonchev–Trinajstić information content (AvgIpc) is 2.78. The highest BCUT2D eigenvalue weighted by molar-refractivity contribution is 7.89. The molecule has 1 aromatic heterocycles. The molecule has 21 heavy (non-hydrogen) atoms. The van der Waals surface area contributed by atoms with E-state index in [1.807, 2.05) is 13.0 Å². The van der Waals surface area contributed by atoms with E-state index in [9.17, 15) is 8.42 Å². The second-order valence-corrected chi connectivity index (χ2v) is 8.25. The van der Waals surface area contributed by atoms with Crippen LogP contribution in [-0.4, -0.2) is 15.5 Å². The molecule has 0 fully saturated rings. The number of aryl methyl sites for hydroxylation is 2. The van der Waals surface area contributed by atoms with Gasteiger partial charge < -0.3 is 5.32 Å². The SMILES string of the molecule is CNS(=O)(=O)c1ccccc1NC(C)c1cc(C)sc1C. The molecule has 2 rings (SSSR count). The monoisotopic (exact) mass is 324 g/mol. The Hall–Kier alpha value is -1.37. The Balaban J connectivity index is 2.34. The van der Waals surface area contributed by atoms with E-state index in [0.29, 0.717) is 5.69 Å². The number of hydrogen-bond acceptors (Lipinski definition) is 4. The van der Waals surface area contributed by atoms with Crippen LogP contribution in [0.2, 0.25) is 0 Å². The minimum absolute atomic E-state index is 0.0446. The second kappa shape index (κ2) is 6.17. The van der Waals surface area contributed by atoms with E-state index in [4.69, 9.17) is 0 Å². The Morgan fingerprint density at radius 3 is 2.43 bits per heavy atom. The van der Waals surface area contributed by atoms with Crippen molar-refractivity contribution in [1.29, 1.82) is 0 Å². The smallest absolute Gasteiger partial charge is 0.242 e. The zero-order chi connectivity index (χ0) is 15.6. The maximum Gasteiger partial charge on any atom is 0.242 e. The first-order valence-corrected chi connectivity index (χ1v) is 9.01. The molecular weight excluding hydrogens is 304 g/mol. The van der Waals surface area contributed by atoms with Crippen molar-refractivity contribution in [3.8, 4) is 0 Å². The molecule has 0 spiro atoms. The average molecular weight is 324 g/mol. The van der Waals surface area contributed by atoms with Gasteiger partial charge in [0.15, 0.2) is 0 Å². The zero-order valence-corrected chi connectivity index (χ0v) is 14.2. The molecule has 0 radical (unpaired) electrons. The van der Waals surface area contributed by atoms with E-state index in [2.05, 4.69) is 30.0 Å². The van der Waals surface area contributed by atoms with Crippen molar-refractivity contribution in [2.24, 2.45) is 0 Å². The summed E-state index contributed by atoms with van der Waals surface area (Å²) in [6.07, 6.45) is 0. The Bertz CT molecular complexity index is 736. The van der Waals surface area contributed by atoms with Crippen molar-refractivity contribution in [2.45, 2.75) is 31.7 Å². The van der Waals surface area contributed by atoms with Gasteiger partial charge in [-0.3, -0.25) is 0 Å². The molecule has 1 atom stereocenters. The van der Waals surface area contributed by atoms with Crippen molar-refractivity contribution in [1.82, 2.24) is 4.72 Å². The number of nitrogens with one attached hydrogen (secondary N) is 2. The van der Waals surface area contributed by atoms with Gasteiger partial charge in [-0.2, -0.15) is 0 Å². The molecule has 4 nitrogen and oxygen atoms in total. The van der Waals surface area contributed by atoms with E-state index in [1.165, 1.54) is 22.4 Å². The van der Waals surface area contributed by atoms with Gasteiger partial charge in [-0.05, 0) is 51.6 Å². The lowest BCUT2D eigenvalue weighted by molar-refractivity contribution is 0.588. The maximum atomic E-state index is 12.1. The summed E-state index contributed by atoms with van der Waals surface area (Å²) in [7, 11) is -2.05. The molecule has 0 aliphatic rings. The molecule has 0 bridgehead atoms. The van der Waals surface area contributed by atoms with Gasteiger partial charge in [0.05, 0.1) is 5.69 Å². The lowest BCUT2D eigenvalue weighted by atomic mass is 10.1. The van der Waals surface area contributed by atoms with Crippen LogP contribution in [0.5, 0.6) is 0 Å². The molecule has 1 aromatic carbocycles. The standard InChI is InChI=1S/C15H20N2O2S2/c1-10-9-13(12(3)20-10)11(2)17-14-7-5-6-8-15(14)21(18,19)16-4/h5-9,11,16-17H,1-4H3. The summed E-state index contributed by atoms with van der Waals surface area (Å²) in [6, 6.07) is 9.13. The minimum atomic E-state index is -3.47. The fraction of sp³-hybridized carbons (Fsp3) is 0.333. The first-order chi connectivity index (χ1) is 9.85. The van der Waals surface area contributed by atoms with Crippen LogP contribution in [-0.2, 0) is 10.0 Å². The normalized spacial score (nSPS) is 13.1. The molecule has 0 saturated heterocycles. The van der Waals surface area contributed by atoms with Crippen LogP contribution >= 0.6 is 11.3 Å². The summed E-state index contributed by atoms with van der Waals surface area (Å²) in [5.41, 5.74) is 1.82. The molecule has 114 valence electrons. The predicted molar refractivity (Wildman–Crippen MR) is 88.5 cm³/mol. The van der Waals surface area contributed by atoms with E-state index in [0.717, 1.165) is 0 Å². The summed E-state index contributed by atoms with van der Waals surface area (Å²) < 4.78 is 26.5. The van der Waals surface area contributed by atoms with Gasteiger partial charge >= 0.3 is 0 Å². The van der Waals surface area contributed by atoms with Crippen LogP contribution in [0.1, 0.15) is 28.3 Å². The molecule has 1 heterocycles. The first kappa shape index (κ1) is 16.0. The van der Waals surface area contributed by atoms with E-state index in [-0.39, 0.29) is 10.9 Å². The van der Waals surface area contributed by atoms with Gasteiger partial charge in [0.2, 0.25) is 10.0 Å². The highest BCUT2D eigenvalue weighted by Gasteiger charge is 2.18. The summed E-state index contributed by atoms with van der Waals surface area (Å²) in [5.74, 6) is 0. The summed E-state index contributed by atoms with van der Waals surface area (Å²) in [6.45, 7) is 6.20. The molecule has 2 N–H and O–H groups in total. The third kappa shape index (κ3) is 3.45. The number of rotatable bonds is 5. The van der Waals surface area contributed by atoms with E-state index >= 15 is 0 Å². The number of thiophene rings is 1. The maximum absolute atomic E-state index is 12.1. The lowest BCUT2D eigenvalue weighted by Gasteiger charge is -2.18. The number of anilines is 1. The van der Waals surface area contributed by atoms with Crippen molar-refractivity contribution >= 4 is 27.0 Å². The van der Waals surface area contributed by atoms with E-state index < -0.39 is 10.0 Å². The summed E-state index contributed by atoms with van der Waals surface area (Å²) >= 11 is 1.75. The minimum Gasteiger partial charge on any atom is -0.377 e. The van der Waals surface area contributed by atoms with Crippen LogP contribution in [0.25, 0.3) is 0 Å². The van der Waals surface area contributed by atoms with Gasteiger partial charge in [-0.1, -0.05) is 12.1 Å². The van der Waals surface area contributed by atoms with E-state index in [1.54, 1.807) is 29.5 Å². The number of benzene rings is 1. The summed E-state index contributed by atoms with van der Waals surface area (Å²) in [4.78, 5) is 2.78. The van der Waals surface area contributed by atoms with Gasteiger partial charge in [-0.15, -0.1) is 11.3 Å². The largest absolute Gasteiger partial charge is 0.377 e. The molecule has 6 heteroatoms. The van der Waals surface area contributed by atoms with Gasteiger partial charge in [0.1, 0.15) is 4.90 Å². The third-order valence-electron chi connectivity index (χ3n) is 3.36. The summed E-state index contributed by atoms with van der Waals surface area (Å²) in [5, 5.41) is 3.31. The lowest BCUT2D eigenvalue weighted by Crippen LogP contribution is -2.20. The number of para-hydroxylation sites is 1. The van der Waals surface area contributed by atoms with Crippen molar-refractivity contribution in [3.05, 3.63) is 45.6 Å². The molecule has 0 aliphatic carbocycles. The predicted octanol–water partition coefficient (Wildman–Crippen LogP) is 3.45. The fourth-order valence-electron chi connectivity index (χ4n) is 2.32. The van der Waals surface area contributed by atoms with Crippen molar-refractivity contribution in [3.63, 3.8) is 0 Å².